The van der Waals surface area contributed by atoms with Crippen LogP contribution in [0.25, 0.3) is 11.1 Å². The maximum atomic E-state index is 14.6. The van der Waals surface area contributed by atoms with E-state index < -0.39 is 6.43 Å². The van der Waals surface area contributed by atoms with Gasteiger partial charge in [-0.05, 0) is 86.2 Å². The molecule has 1 saturated carbocycles. The number of fused-ring (bicyclic) bond motifs is 4. The van der Waals surface area contributed by atoms with E-state index >= 15 is 0 Å². The van der Waals surface area contributed by atoms with Crippen LogP contribution in [0.5, 0.6) is 0 Å². The van der Waals surface area contributed by atoms with Gasteiger partial charge in [-0.3, -0.25) is 14.2 Å². The van der Waals surface area contributed by atoms with E-state index in [0.29, 0.717) is 48.6 Å². The van der Waals surface area contributed by atoms with Crippen LogP contribution in [0.3, 0.4) is 0 Å². The van der Waals surface area contributed by atoms with Gasteiger partial charge in [-0.25, -0.2) is 8.78 Å². The highest BCUT2D eigenvalue weighted by molar-refractivity contribution is 5.78. The fourth-order valence-electron chi connectivity index (χ4n) is 8.96. The Balaban J connectivity index is 1.14. The molecule has 1 N–H and O–H groups in total. The third kappa shape index (κ3) is 5.16. The van der Waals surface area contributed by atoms with E-state index in [4.69, 9.17) is 5.10 Å². The molecular weight excluding hydrogens is 574 g/mol. The molecule has 1 aromatic carbocycles. The number of aromatic nitrogens is 4. The second-order valence-electron chi connectivity index (χ2n) is 14.1. The van der Waals surface area contributed by atoms with Crippen LogP contribution >= 0.6 is 0 Å². The fourth-order valence-corrected chi connectivity index (χ4v) is 8.96. The van der Waals surface area contributed by atoms with Crippen LogP contribution < -0.4 is 10.2 Å². The number of nitrogens with one attached hydrogen (secondary N) is 1. The standard InChI is InChI=1S/C34H44F2N8O/c1-21(45)42-11-7-30-29(20-42)34(39-44(30)32-24-12-25(32)19-41(18-24)16-22-5-8-37-9-6-22)43-10-3-4-23-13-27(26-15-38-40(2)17-26)28(33(35)36)14-31(23)43/h13-15,17,22,24-25,32-33,37H,3-12,16,18-20H2,1-2H3/t24-,25+,32?. The molecule has 4 fully saturated rings. The minimum Gasteiger partial charge on any atom is -0.338 e. The lowest BCUT2D eigenvalue weighted by Gasteiger charge is -2.54. The van der Waals surface area contributed by atoms with E-state index in [1.165, 1.54) is 31.5 Å². The monoisotopic (exact) mass is 618 g/mol. The highest BCUT2D eigenvalue weighted by atomic mass is 19.3. The zero-order chi connectivity index (χ0) is 30.8. The van der Waals surface area contributed by atoms with E-state index in [-0.39, 0.29) is 11.5 Å². The second-order valence-corrected chi connectivity index (χ2v) is 14.1. The summed E-state index contributed by atoms with van der Waals surface area (Å²) in [4.78, 5) is 19.3. The molecule has 45 heavy (non-hydrogen) atoms. The van der Waals surface area contributed by atoms with Crippen LogP contribution in [-0.2, 0) is 31.2 Å². The van der Waals surface area contributed by atoms with Crippen LogP contribution in [0.1, 0.15) is 67.5 Å². The smallest absolute Gasteiger partial charge is 0.264 e. The molecule has 3 saturated heterocycles. The van der Waals surface area contributed by atoms with Crippen molar-refractivity contribution in [1.29, 1.82) is 0 Å². The number of benzene rings is 1. The first-order valence-electron chi connectivity index (χ1n) is 16.8. The zero-order valence-corrected chi connectivity index (χ0v) is 26.4. The van der Waals surface area contributed by atoms with Gasteiger partial charge in [0.05, 0.1) is 18.8 Å². The minimum atomic E-state index is -2.61. The average molecular weight is 619 g/mol. The number of carbonyl (C=O) groups excluding carboxylic acids is 1. The van der Waals surface area contributed by atoms with Gasteiger partial charge in [0.15, 0.2) is 5.82 Å². The molecular formula is C34H44F2N8O. The largest absolute Gasteiger partial charge is 0.338 e. The number of halogens is 2. The molecule has 6 aliphatic rings. The molecule has 2 aromatic heterocycles. The quantitative estimate of drug-likeness (QED) is 0.432. The Hall–Kier alpha value is -3.31. The number of carbonyl (C=O) groups is 1. The van der Waals surface area contributed by atoms with Crippen molar-refractivity contribution in [1.82, 2.24) is 34.7 Å². The van der Waals surface area contributed by atoms with Crippen LogP contribution in [0.2, 0.25) is 0 Å². The highest BCUT2D eigenvalue weighted by Gasteiger charge is 2.50. The van der Waals surface area contributed by atoms with Gasteiger partial charge in [-0.1, -0.05) is 0 Å². The number of nitrogens with zero attached hydrogens (tertiary/aromatic N) is 7. The number of alkyl halides is 2. The molecule has 0 spiro atoms. The van der Waals surface area contributed by atoms with Crippen LogP contribution in [0, 0.1) is 17.8 Å². The topological polar surface area (TPSA) is 74.5 Å². The molecule has 5 aliphatic heterocycles. The molecule has 7 heterocycles. The summed E-state index contributed by atoms with van der Waals surface area (Å²) in [5, 5.41) is 13.1. The first-order chi connectivity index (χ1) is 21.8. The molecule has 3 atom stereocenters. The van der Waals surface area contributed by atoms with Gasteiger partial charge in [-0.15, -0.1) is 0 Å². The first-order valence-corrected chi connectivity index (χ1v) is 16.8. The summed E-state index contributed by atoms with van der Waals surface area (Å²) in [6.07, 6.45) is 7.14. The Labute approximate surface area is 263 Å². The van der Waals surface area contributed by atoms with E-state index in [9.17, 15) is 13.6 Å². The molecule has 240 valence electrons. The molecule has 1 amide bonds. The lowest BCUT2D eigenvalue weighted by Crippen LogP contribution is -2.57. The Bertz CT molecular complexity index is 1580. The van der Waals surface area contributed by atoms with Gasteiger partial charge in [-0.2, -0.15) is 10.2 Å². The summed E-state index contributed by atoms with van der Waals surface area (Å²) in [7, 11) is 1.80. The van der Waals surface area contributed by atoms with Gasteiger partial charge in [0.2, 0.25) is 5.91 Å². The molecule has 11 heteroatoms. The van der Waals surface area contributed by atoms with Crippen molar-refractivity contribution in [2.45, 2.75) is 64.5 Å². The Kier molecular flexibility index (Phi) is 7.43. The molecule has 0 radical (unpaired) electrons. The number of hydrogen-bond donors (Lipinski definition) is 1. The summed E-state index contributed by atoms with van der Waals surface area (Å²) in [5.74, 6) is 2.86. The average Bonchev–Trinajstić information content (AvgIpc) is 3.63. The molecule has 1 unspecified atom stereocenters. The Morgan fingerprint density at radius 2 is 1.91 bits per heavy atom. The number of aryl methyl sites for hydroxylation is 2. The van der Waals surface area contributed by atoms with E-state index in [1.54, 1.807) is 37.1 Å². The minimum absolute atomic E-state index is 0.0228. The number of anilines is 2. The van der Waals surface area contributed by atoms with Crippen molar-refractivity contribution < 1.29 is 13.6 Å². The lowest BCUT2D eigenvalue weighted by atomic mass is 9.66. The normalized spacial score (nSPS) is 25.3. The van der Waals surface area contributed by atoms with Crippen molar-refractivity contribution >= 4 is 17.4 Å². The first kappa shape index (κ1) is 29.1. The maximum Gasteiger partial charge on any atom is 0.264 e. The van der Waals surface area contributed by atoms with Crippen LogP contribution in [0.4, 0.5) is 20.3 Å². The summed E-state index contributed by atoms with van der Waals surface area (Å²) < 4.78 is 33.2. The van der Waals surface area contributed by atoms with Gasteiger partial charge in [0.1, 0.15) is 0 Å². The molecule has 3 aromatic rings. The summed E-state index contributed by atoms with van der Waals surface area (Å²) >= 11 is 0. The molecule has 1 aliphatic carbocycles. The molecule has 9 nitrogen and oxygen atoms in total. The lowest BCUT2D eigenvalue weighted by molar-refractivity contribution is -0.129. The molecule has 9 rings (SSSR count). The van der Waals surface area contributed by atoms with Crippen molar-refractivity contribution in [2.75, 3.05) is 50.7 Å². The maximum absolute atomic E-state index is 14.6. The SMILES string of the molecule is CC(=O)N1CCc2c(c(N3CCCc4cc(-c5cnn(C)c5)c(C(F)F)cc43)nn2C2[C@@H]3C[C@H]2CN(CC2CCNCC2)C3)C1. The number of rotatable bonds is 6. The van der Waals surface area contributed by atoms with Crippen molar-refractivity contribution in [3.63, 3.8) is 0 Å². The predicted octanol–water partition coefficient (Wildman–Crippen LogP) is 4.70. The summed E-state index contributed by atoms with van der Waals surface area (Å²) in [6, 6.07) is 4.00. The van der Waals surface area contributed by atoms with Gasteiger partial charge in [0.25, 0.3) is 6.43 Å². The predicted molar refractivity (Wildman–Crippen MR) is 169 cm³/mol. The van der Waals surface area contributed by atoms with E-state index in [2.05, 4.69) is 24.9 Å². The zero-order valence-electron chi connectivity index (χ0n) is 26.4. The van der Waals surface area contributed by atoms with Gasteiger partial charge in [0, 0.05) is 87.4 Å². The fraction of sp³-hybridized carbons (Fsp3) is 0.618. The second kappa shape index (κ2) is 11.5. The molecule has 2 bridgehead atoms. The van der Waals surface area contributed by atoms with Gasteiger partial charge >= 0.3 is 0 Å². The van der Waals surface area contributed by atoms with E-state index in [0.717, 1.165) is 74.0 Å². The van der Waals surface area contributed by atoms with Crippen LogP contribution in [-0.4, -0.2) is 81.1 Å². The van der Waals surface area contributed by atoms with Crippen molar-refractivity contribution in [3.05, 3.63) is 46.9 Å². The van der Waals surface area contributed by atoms with E-state index in [1.807, 2.05) is 11.0 Å². The summed E-state index contributed by atoms with van der Waals surface area (Å²) in [6.45, 7) is 9.28. The Morgan fingerprint density at radius 1 is 1.11 bits per heavy atom. The number of hydrogen-bond acceptors (Lipinski definition) is 6. The highest BCUT2D eigenvalue weighted by Crippen LogP contribution is 2.51. The summed E-state index contributed by atoms with van der Waals surface area (Å²) in [5.41, 5.74) is 5.48. The number of piperidine rings is 3. The third-order valence-electron chi connectivity index (χ3n) is 11.2. The van der Waals surface area contributed by atoms with Crippen LogP contribution in [0.15, 0.2) is 24.5 Å². The van der Waals surface area contributed by atoms with Gasteiger partial charge < -0.3 is 20.0 Å². The number of amides is 1. The Morgan fingerprint density at radius 3 is 2.62 bits per heavy atom. The third-order valence-corrected chi connectivity index (χ3v) is 11.2. The van der Waals surface area contributed by atoms with Crippen molar-refractivity contribution in [3.8, 4) is 11.1 Å². The van der Waals surface area contributed by atoms with Crippen molar-refractivity contribution in [2.24, 2.45) is 24.8 Å².